The maximum atomic E-state index is 11.0. The van der Waals surface area contributed by atoms with Gasteiger partial charge in [0.1, 0.15) is 0 Å². The van der Waals surface area contributed by atoms with Gasteiger partial charge in [-0.05, 0) is 37.3 Å². The Labute approximate surface area is 65.9 Å². The first-order chi connectivity index (χ1) is 5.09. The van der Waals surface area contributed by atoms with Crippen LogP contribution in [0.3, 0.4) is 0 Å². The molecule has 2 unspecified atom stereocenters. The third kappa shape index (κ3) is 0.932. The van der Waals surface area contributed by atoms with Crippen molar-refractivity contribution in [1.29, 1.82) is 0 Å². The molecule has 1 saturated carbocycles. The van der Waals surface area contributed by atoms with Crippen LogP contribution in [0.15, 0.2) is 11.6 Å². The van der Waals surface area contributed by atoms with Crippen molar-refractivity contribution in [2.75, 3.05) is 0 Å². The summed E-state index contributed by atoms with van der Waals surface area (Å²) in [5.41, 5.74) is 0.291. The second kappa shape index (κ2) is 1.95. The molecule has 2 rings (SSSR count). The number of fused-ring (bicyclic) bond motifs is 1. The Morgan fingerprint density at radius 2 is 2.45 bits per heavy atom. The third-order valence-electron chi connectivity index (χ3n) is 2.81. The first kappa shape index (κ1) is 7.04. The molecule has 2 heteroatoms. The molecule has 1 N–H and O–H groups in total. The van der Waals surface area contributed by atoms with Crippen LogP contribution in [-0.4, -0.2) is 16.5 Å². The largest absolute Gasteiger partial charge is 0.386 e. The van der Waals surface area contributed by atoms with E-state index in [0.717, 1.165) is 18.4 Å². The van der Waals surface area contributed by atoms with Gasteiger partial charge in [0.2, 0.25) is 0 Å². The van der Waals surface area contributed by atoms with Gasteiger partial charge < -0.3 is 5.11 Å². The molecule has 0 bridgehead atoms. The van der Waals surface area contributed by atoms with Gasteiger partial charge in [-0.15, -0.1) is 0 Å². The molecule has 0 radical (unpaired) electrons. The topological polar surface area (TPSA) is 37.3 Å². The van der Waals surface area contributed by atoms with Crippen molar-refractivity contribution < 1.29 is 9.90 Å². The Bertz CT molecular complexity index is 238. The molecule has 11 heavy (non-hydrogen) atoms. The van der Waals surface area contributed by atoms with Crippen LogP contribution in [0.1, 0.15) is 26.2 Å². The number of carbonyl (C=O) groups is 1. The highest BCUT2D eigenvalue weighted by Crippen LogP contribution is 2.44. The van der Waals surface area contributed by atoms with E-state index in [4.69, 9.17) is 0 Å². The van der Waals surface area contributed by atoms with E-state index in [0.29, 0.717) is 12.3 Å². The molecule has 0 spiro atoms. The maximum absolute atomic E-state index is 11.0. The average Bonchev–Trinajstić information content (AvgIpc) is 2.35. The third-order valence-corrected chi connectivity index (χ3v) is 2.81. The summed E-state index contributed by atoms with van der Waals surface area (Å²) in [4.78, 5) is 11.0. The van der Waals surface area contributed by atoms with Crippen LogP contribution in [0.5, 0.6) is 0 Å². The zero-order chi connectivity index (χ0) is 8.06. The van der Waals surface area contributed by atoms with Crippen molar-refractivity contribution in [3.05, 3.63) is 11.6 Å². The number of hydrogen-bond acceptors (Lipinski definition) is 2. The fourth-order valence-corrected chi connectivity index (χ4v) is 2.16. The second-order valence-corrected chi connectivity index (χ2v) is 3.78. The van der Waals surface area contributed by atoms with Crippen molar-refractivity contribution in [3.8, 4) is 0 Å². The van der Waals surface area contributed by atoms with Gasteiger partial charge in [0.15, 0.2) is 5.78 Å². The van der Waals surface area contributed by atoms with Crippen molar-refractivity contribution in [2.45, 2.75) is 31.8 Å². The predicted molar refractivity (Wildman–Crippen MR) is 41.1 cm³/mol. The highest BCUT2D eigenvalue weighted by Gasteiger charge is 2.42. The fraction of sp³-hybridized carbons (Fsp3) is 0.667. The normalized spacial score (nSPS) is 42.5. The highest BCUT2D eigenvalue weighted by atomic mass is 16.3. The first-order valence-electron chi connectivity index (χ1n) is 4.07. The van der Waals surface area contributed by atoms with Gasteiger partial charge in [-0.25, -0.2) is 0 Å². The molecule has 0 aromatic carbocycles. The molecule has 2 atom stereocenters. The Morgan fingerprint density at radius 3 is 3.09 bits per heavy atom. The fourth-order valence-electron chi connectivity index (χ4n) is 2.16. The van der Waals surface area contributed by atoms with E-state index in [-0.39, 0.29) is 5.78 Å². The quantitative estimate of drug-likeness (QED) is 0.563. The van der Waals surface area contributed by atoms with Gasteiger partial charge >= 0.3 is 0 Å². The van der Waals surface area contributed by atoms with Crippen LogP contribution in [0.4, 0.5) is 0 Å². The van der Waals surface area contributed by atoms with Gasteiger partial charge in [-0.1, -0.05) is 0 Å². The van der Waals surface area contributed by atoms with Crippen molar-refractivity contribution in [2.24, 2.45) is 5.92 Å². The van der Waals surface area contributed by atoms with E-state index >= 15 is 0 Å². The molecule has 0 heterocycles. The van der Waals surface area contributed by atoms with Crippen LogP contribution < -0.4 is 0 Å². The van der Waals surface area contributed by atoms with Crippen molar-refractivity contribution in [3.63, 3.8) is 0 Å². The van der Waals surface area contributed by atoms with Crippen LogP contribution in [0.25, 0.3) is 0 Å². The number of allylic oxidation sites excluding steroid dienone is 1. The molecule has 2 nitrogen and oxygen atoms in total. The van der Waals surface area contributed by atoms with Crippen LogP contribution >= 0.6 is 0 Å². The first-order valence-corrected chi connectivity index (χ1v) is 4.07. The molecule has 0 amide bonds. The molecule has 0 aliphatic heterocycles. The number of aliphatic hydroxyl groups is 1. The monoisotopic (exact) mass is 152 g/mol. The zero-order valence-electron chi connectivity index (χ0n) is 6.63. The van der Waals surface area contributed by atoms with Gasteiger partial charge in [0.25, 0.3) is 0 Å². The summed E-state index contributed by atoms with van der Waals surface area (Å²) in [6.45, 7) is 1.80. The van der Waals surface area contributed by atoms with Gasteiger partial charge in [0.05, 0.1) is 5.60 Å². The standard InChI is InChI=1S/C9H12O2/c1-9(11)3-2-6-4-7(10)5-8(6)9/h5-6,11H,2-4H2,1H3. The SMILES string of the molecule is CC1(O)CCC2CC(=O)C=C21. The number of carbonyl (C=O) groups excluding carboxylic acids is 1. The van der Waals surface area contributed by atoms with Crippen LogP contribution in [0.2, 0.25) is 0 Å². The van der Waals surface area contributed by atoms with E-state index in [2.05, 4.69) is 0 Å². The van der Waals surface area contributed by atoms with Gasteiger partial charge in [-0.3, -0.25) is 4.79 Å². The lowest BCUT2D eigenvalue weighted by molar-refractivity contribution is -0.114. The molecule has 0 aromatic heterocycles. The minimum atomic E-state index is -0.684. The van der Waals surface area contributed by atoms with E-state index in [1.54, 1.807) is 13.0 Å². The minimum absolute atomic E-state index is 0.185. The summed E-state index contributed by atoms with van der Waals surface area (Å²) in [7, 11) is 0. The Balaban J connectivity index is 2.36. The molecule has 1 fully saturated rings. The smallest absolute Gasteiger partial charge is 0.156 e. The van der Waals surface area contributed by atoms with E-state index in [1.807, 2.05) is 0 Å². The van der Waals surface area contributed by atoms with E-state index in [1.165, 1.54) is 0 Å². The molecular formula is C9H12O2. The van der Waals surface area contributed by atoms with Crippen LogP contribution in [0, 0.1) is 5.92 Å². The maximum Gasteiger partial charge on any atom is 0.156 e. The molecule has 60 valence electrons. The summed E-state index contributed by atoms with van der Waals surface area (Å²) >= 11 is 0. The number of hydrogen-bond donors (Lipinski definition) is 1. The van der Waals surface area contributed by atoms with Gasteiger partial charge in [-0.2, -0.15) is 0 Å². The van der Waals surface area contributed by atoms with Gasteiger partial charge in [0, 0.05) is 6.42 Å². The van der Waals surface area contributed by atoms with E-state index < -0.39 is 5.60 Å². The molecule has 2 aliphatic rings. The Morgan fingerprint density at radius 1 is 1.73 bits per heavy atom. The lowest BCUT2D eigenvalue weighted by Crippen LogP contribution is -2.21. The highest BCUT2D eigenvalue weighted by molar-refractivity contribution is 5.94. The molecular weight excluding hydrogens is 140 g/mol. The summed E-state index contributed by atoms with van der Waals surface area (Å²) < 4.78 is 0. The number of ketones is 1. The lowest BCUT2D eigenvalue weighted by atomic mass is 9.98. The molecule has 0 aromatic rings. The van der Waals surface area contributed by atoms with Crippen molar-refractivity contribution in [1.82, 2.24) is 0 Å². The predicted octanol–water partition coefficient (Wildman–Crippen LogP) is 1.05. The summed E-state index contributed by atoms with van der Waals surface area (Å²) in [5.74, 6) is 0.544. The zero-order valence-corrected chi connectivity index (χ0v) is 6.63. The number of rotatable bonds is 0. The van der Waals surface area contributed by atoms with Crippen molar-refractivity contribution >= 4 is 5.78 Å². The Kier molecular flexibility index (Phi) is 1.25. The van der Waals surface area contributed by atoms with E-state index in [9.17, 15) is 9.90 Å². The second-order valence-electron chi connectivity index (χ2n) is 3.78. The minimum Gasteiger partial charge on any atom is -0.386 e. The van der Waals surface area contributed by atoms with Crippen LogP contribution in [-0.2, 0) is 4.79 Å². The molecule has 0 saturated heterocycles. The summed E-state index contributed by atoms with van der Waals surface area (Å²) in [6.07, 6.45) is 4.06. The Hall–Kier alpha value is -0.630. The lowest BCUT2D eigenvalue weighted by Gasteiger charge is -2.17. The summed E-state index contributed by atoms with van der Waals surface area (Å²) in [5, 5.41) is 9.76. The average molecular weight is 152 g/mol. The molecule has 2 aliphatic carbocycles. The summed E-state index contributed by atoms with van der Waals surface area (Å²) in [6, 6.07) is 0.